The third-order valence-electron chi connectivity index (χ3n) is 6.62. The number of aromatic nitrogens is 1. The number of hydrogen-bond acceptors (Lipinski definition) is 6. The average molecular weight is 454 g/mol. The smallest absolute Gasteiger partial charge is 0.269 e. The van der Waals surface area contributed by atoms with Gasteiger partial charge in [0.2, 0.25) is 0 Å². The lowest BCUT2D eigenvalue weighted by atomic mass is 10.1. The minimum atomic E-state index is -0.501. The molecule has 2 N–H and O–H groups in total. The van der Waals surface area contributed by atoms with E-state index in [4.69, 9.17) is 4.74 Å². The summed E-state index contributed by atoms with van der Waals surface area (Å²) >= 11 is 0. The predicted octanol–water partition coefficient (Wildman–Crippen LogP) is 2.32. The molecule has 1 saturated carbocycles. The van der Waals surface area contributed by atoms with Crippen molar-refractivity contribution >= 4 is 23.2 Å². The quantitative estimate of drug-likeness (QED) is 0.723. The van der Waals surface area contributed by atoms with Gasteiger partial charge in [0.05, 0.1) is 11.4 Å². The largest absolute Gasteiger partial charge is 0.478 e. The van der Waals surface area contributed by atoms with E-state index in [0.29, 0.717) is 23.6 Å². The van der Waals surface area contributed by atoms with E-state index in [1.165, 1.54) is 0 Å². The summed E-state index contributed by atoms with van der Waals surface area (Å²) in [6.07, 6.45) is 1.46. The lowest BCUT2D eigenvalue weighted by molar-refractivity contribution is -0.124. The molecule has 1 aromatic heterocycles. The van der Waals surface area contributed by atoms with E-state index in [1.807, 2.05) is 13.0 Å². The highest BCUT2D eigenvalue weighted by atomic mass is 19.1. The standard InChI is InChI=1S/C24H28FN5O3/c1-14-18(7-6-17(27-14)23(31)26-2)30-11-9-29(10-12-30)13-16-5-8-19-21(20(16)25)28-24(32)22(33-19)15-3-4-15/h5-8,15,22H,3-4,9-13H2,1-2H3,(H,26,31)(H,28,32). The molecule has 2 fully saturated rings. The highest BCUT2D eigenvalue weighted by Crippen LogP contribution is 2.41. The number of benzene rings is 1. The van der Waals surface area contributed by atoms with Gasteiger partial charge in [-0.1, -0.05) is 6.07 Å². The number of carbonyl (C=O) groups is 2. The first-order valence-electron chi connectivity index (χ1n) is 11.4. The number of ether oxygens (including phenoxy) is 1. The molecule has 174 valence electrons. The molecular formula is C24H28FN5O3. The number of hydrogen-bond donors (Lipinski definition) is 2. The van der Waals surface area contributed by atoms with Crippen molar-refractivity contribution in [2.75, 3.05) is 43.4 Å². The van der Waals surface area contributed by atoms with Gasteiger partial charge in [-0.05, 0) is 38.0 Å². The van der Waals surface area contributed by atoms with E-state index < -0.39 is 11.9 Å². The fourth-order valence-electron chi connectivity index (χ4n) is 4.56. The molecular weight excluding hydrogens is 425 g/mol. The summed E-state index contributed by atoms with van der Waals surface area (Å²) in [5.41, 5.74) is 2.92. The first kappa shape index (κ1) is 21.6. The van der Waals surface area contributed by atoms with Gasteiger partial charge in [-0.2, -0.15) is 0 Å². The molecule has 0 bridgehead atoms. The first-order chi connectivity index (χ1) is 15.9. The lowest BCUT2D eigenvalue weighted by Crippen LogP contribution is -2.46. The van der Waals surface area contributed by atoms with Gasteiger partial charge in [0, 0.05) is 51.3 Å². The third kappa shape index (κ3) is 4.25. The third-order valence-corrected chi connectivity index (χ3v) is 6.62. The van der Waals surface area contributed by atoms with Crippen molar-refractivity contribution in [1.29, 1.82) is 0 Å². The number of rotatable bonds is 5. The number of carbonyl (C=O) groups excluding carboxylic acids is 2. The van der Waals surface area contributed by atoms with Crippen LogP contribution in [0.4, 0.5) is 15.8 Å². The number of aryl methyl sites for hydroxylation is 1. The molecule has 3 aliphatic rings. The van der Waals surface area contributed by atoms with E-state index >= 15 is 4.39 Å². The Balaban J connectivity index is 1.23. The summed E-state index contributed by atoms with van der Waals surface area (Å²) in [5, 5.41) is 5.32. The lowest BCUT2D eigenvalue weighted by Gasteiger charge is -2.37. The van der Waals surface area contributed by atoms with Gasteiger partial charge >= 0.3 is 0 Å². The molecule has 33 heavy (non-hydrogen) atoms. The van der Waals surface area contributed by atoms with E-state index in [0.717, 1.165) is 50.4 Å². The van der Waals surface area contributed by atoms with Crippen molar-refractivity contribution < 1.29 is 18.7 Å². The second-order valence-electron chi connectivity index (χ2n) is 8.92. The second kappa shape index (κ2) is 8.62. The summed E-state index contributed by atoms with van der Waals surface area (Å²) in [6, 6.07) is 7.19. The Morgan fingerprint density at radius 1 is 1.21 bits per heavy atom. The molecule has 1 aromatic carbocycles. The minimum absolute atomic E-state index is 0.158. The molecule has 1 unspecified atom stereocenters. The van der Waals surface area contributed by atoms with Gasteiger partial charge in [0.1, 0.15) is 17.1 Å². The molecule has 2 amide bonds. The molecule has 0 radical (unpaired) electrons. The highest BCUT2D eigenvalue weighted by Gasteiger charge is 2.41. The van der Waals surface area contributed by atoms with Gasteiger partial charge in [-0.3, -0.25) is 14.5 Å². The van der Waals surface area contributed by atoms with Gasteiger partial charge in [0.25, 0.3) is 11.8 Å². The first-order valence-corrected chi connectivity index (χ1v) is 11.4. The Kier molecular flexibility index (Phi) is 5.65. The van der Waals surface area contributed by atoms with Crippen LogP contribution >= 0.6 is 0 Å². The molecule has 8 nitrogen and oxygen atoms in total. The molecule has 3 heterocycles. The SMILES string of the molecule is CNC(=O)c1ccc(N2CCN(Cc3ccc4c(c3F)NC(=O)C(C3CC3)O4)CC2)c(C)n1. The van der Waals surface area contributed by atoms with Gasteiger partial charge in [-0.15, -0.1) is 0 Å². The van der Waals surface area contributed by atoms with Crippen LogP contribution in [-0.4, -0.2) is 61.0 Å². The van der Waals surface area contributed by atoms with Crippen LogP contribution in [0.3, 0.4) is 0 Å². The van der Waals surface area contributed by atoms with Crippen molar-refractivity contribution in [3.05, 3.63) is 47.0 Å². The average Bonchev–Trinajstić information content (AvgIpc) is 3.66. The summed E-state index contributed by atoms with van der Waals surface area (Å²) < 4.78 is 21.0. The number of pyridine rings is 1. The van der Waals surface area contributed by atoms with Crippen molar-refractivity contribution in [1.82, 2.24) is 15.2 Å². The summed E-state index contributed by atoms with van der Waals surface area (Å²) in [5.74, 6) is -0.202. The molecule has 1 aliphatic carbocycles. The Bertz CT molecular complexity index is 1100. The van der Waals surface area contributed by atoms with Crippen LogP contribution in [-0.2, 0) is 11.3 Å². The van der Waals surface area contributed by atoms with E-state index in [1.54, 1.807) is 25.2 Å². The fraction of sp³-hybridized carbons (Fsp3) is 0.458. The number of piperazine rings is 1. The van der Waals surface area contributed by atoms with Crippen LogP contribution in [0, 0.1) is 18.7 Å². The monoisotopic (exact) mass is 453 g/mol. The Morgan fingerprint density at radius 3 is 2.64 bits per heavy atom. The summed E-state index contributed by atoms with van der Waals surface area (Å²) in [6.45, 7) is 5.44. The maximum absolute atomic E-state index is 15.2. The summed E-state index contributed by atoms with van der Waals surface area (Å²) in [7, 11) is 1.59. The number of nitrogens with one attached hydrogen (secondary N) is 2. The Morgan fingerprint density at radius 2 is 1.97 bits per heavy atom. The summed E-state index contributed by atoms with van der Waals surface area (Å²) in [4.78, 5) is 33.0. The van der Waals surface area contributed by atoms with Crippen molar-refractivity contribution in [2.24, 2.45) is 5.92 Å². The van der Waals surface area contributed by atoms with Crippen LogP contribution in [0.2, 0.25) is 0 Å². The molecule has 2 aromatic rings. The topological polar surface area (TPSA) is 86.8 Å². The number of nitrogens with zero attached hydrogens (tertiary/aromatic N) is 3. The maximum Gasteiger partial charge on any atom is 0.269 e. The van der Waals surface area contributed by atoms with Gasteiger partial charge in [-0.25, -0.2) is 9.37 Å². The van der Waals surface area contributed by atoms with Crippen molar-refractivity contribution in [2.45, 2.75) is 32.4 Å². The number of fused-ring (bicyclic) bond motifs is 1. The number of halogens is 1. The Hall–Kier alpha value is -3.20. The van der Waals surface area contributed by atoms with Gasteiger partial charge < -0.3 is 20.3 Å². The molecule has 9 heteroatoms. The zero-order chi connectivity index (χ0) is 23.1. The van der Waals surface area contributed by atoms with Crippen LogP contribution in [0.5, 0.6) is 5.75 Å². The number of amides is 2. The van der Waals surface area contributed by atoms with E-state index in [2.05, 4.69) is 25.4 Å². The van der Waals surface area contributed by atoms with E-state index in [9.17, 15) is 9.59 Å². The van der Waals surface area contributed by atoms with Crippen LogP contribution in [0.1, 0.15) is 34.6 Å². The van der Waals surface area contributed by atoms with Crippen LogP contribution in [0.25, 0.3) is 0 Å². The van der Waals surface area contributed by atoms with Crippen molar-refractivity contribution in [3.63, 3.8) is 0 Å². The van der Waals surface area contributed by atoms with E-state index in [-0.39, 0.29) is 23.4 Å². The van der Waals surface area contributed by atoms with Gasteiger partial charge in [0.15, 0.2) is 11.9 Å². The predicted molar refractivity (Wildman–Crippen MR) is 122 cm³/mol. The normalized spacial score (nSPS) is 20.6. The molecule has 5 rings (SSSR count). The molecule has 2 aliphatic heterocycles. The maximum atomic E-state index is 15.2. The molecule has 0 spiro atoms. The highest BCUT2D eigenvalue weighted by molar-refractivity contribution is 5.98. The Labute approximate surface area is 192 Å². The van der Waals surface area contributed by atoms with Crippen molar-refractivity contribution in [3.8, 4) is 5.75 Å². The zero-order valence-corrected chi connectivity index (χ0v) is 18.9. The van der Waals surface area contributed by atoms with Crippen LogP contribution < -0.4 is 20.3 Å². The fourth-order valence-corrected chi connectivity index (χ4v) is 4.56. The minimum Gasteiger partial charge on any atom is -0.478 e. The second-order valence-corrected chi connectivity index (χ2v) is 8.92. The molecule has 1 atom stereocenters. The number of anilines is 2. The molecule has 1 saturated heterocycles. The van der Waals surface area contributed by atoms with Crippen LogP contribution in [0.15, 0.2) is 24.3 Å². The zero-order valence-electron chi connectivity index (χ0n) is 18.9.